The van der Waals surface area contributed by atoms with Crippen LogP contribution in [0.4, 0.5) is 0 Å². The summed E-state index contributed by atoms with van der Waals surface area (Å²) < 4.78 is 0. The number of aromatic hydroxyl groups is 1. The molecule has 0 unspecified atom stereocenters. The monoisotopic (exact) mass is 292 g/mol. The zero-order chi connectivity index (χ0) is 15.1. The van der Waals surface area contributed by atoms with Gasteiger partial charge in [0.1, 0.15) is 5.75 Å². The van der Waals surface area contributed by atoms with Gasteiger partial charge in [0.2, 0.25) is 0 Å². The first kappa shape index (κ1) is 11.5. The number of phenolic OH excluding ortho intramolecular Hbond substituents is 1. The van der Waals surface area contributed by atoms with Crippen molar-refractivity contribution in [3.63, 3.8) is 0 Å². The Morgan fingerprint density at radius 3 is 2.17 bits per heavy atom. The Kier molecular flexibility index (Phi) is 1.82. The normalized spacial score (nSPS) is 12.5. The van der Waals surface area contributed by atoms with Crippen LogP contribution >= 0.6 is 0 Å². The summed E-state index contributed by atoms with van der Waals surface area (Å²) in [7, 11) is 0. The summed E-state index contributed by atoms with van der Waals surface area (Å²) in [5, 5.41) is 18.2. The van der Waals surface area contributed by atoms with Gasteiger partial charge in [0, 0.05) is 5.56 Å². The van der Waals surface area contributed by atoms with Gasteiger partial charge in [-0.3, -0.25) is 0 Å². The SMILES string of the molecule is Oc1cccc2c1-c1cc3cccc4ccc5ccc-2c1c5c43. The van der Waals surface area contributed by atoms with Crippen LogP contribution in [0.25, 0.3) is 54.6 Å². The minimum absolute atomic E-state index is 0.365. The second kappa shape index (κ2) is 3.64. The van der Waals surface area contributed by atoms with Gasteiger partial charge in [-0.05, 0) is 61.1 Å². The summed E-state index contributed by atoms with van der Waals surface area (Å²) >= 11 is 0. The number of hydrogen-bond donors (Lipinski definition) is 1. The van der Waals surface area contributed by atoms with Crippen molar-refractivity contribution in [2.75, 3.05) is 0 Å². The number of fused-ring (bicyclic) bond motifs is 3. The Morgan fingerprint density at radius 1 is 0.522 bits per heavy atom. The standard InChI is InChI=1S/C22H12O/c23-18-6-2-5-15-16-10-9-13-8-7-12-3-1-4-14-11-17(21(15)18)22(16)20(13)19(12)14/h1-11,23H. The second-order valence-corrected chi connectivity index (χ2v) is 6.35. The minimum Gasteiger partial charge on any atom is -0.507 e. The van der Waals surface area contributed by atoms with E-state index in [9.17, 15) is 5.11 Å². The highest BCUT2D eigenvalue weighted by molar-refractivity contribution is 6.32. The molecular weight excluding hydrogens is 280 g/mol. The molecule has 0 radical (unpaired) electrons. The van der Waals surface area contributed by atoms with Crippen LogP contribution in [-0.2, 0) is 0 Å². The molecule has 1 aliphatic carbocycles. The number of hydrogen-bond acceptors (Lipinski definition) is 1. The summed E-state index contributed by atoms with van der Waals surface area (Å²) in [6.07, 6.45) is 0. The van der Waals surface area contributed by atoms with Crippen LogP contribution in [0.2, 0.25) is 0 Å². The number of benzene rings is 5. The lowest BCUT2D eigenvalue weighted by Gasteiger charge is -2.12. The third-order valence-corrected chi connectivity index (χ3v) is 5.23. The van der Waals surface area contributed by atoms with Crippen LogP contribution in [0.15, 0.2) is 66.7 Å². The fraction of sp³-hybridized carbons (Fsp3) is 0. The fourth-order valence-electron chi connectivity index (χ4n) is 4.32. The Balaban J connectivity index is 2.01. The molecule has 5 aromatic rings. The van der Waals surface area contributed by atoms with Gasteiger partial charge in [-0.15, -0.1) is 0 Å². The quantitative estimate of drug-likeness (QED) is 0.344. The van der Waals surface area contributed by atoms with E-state index < -0.39 is 0 Å². The Labute approximate surface area is 132 Å². The number of phenols is 1. The van der Waals surface area contributed by atoms with Gasteiger partial charge in [0.25, 0.3) is 0 Å². The van der Waals surface area contributed by atoms with Crippen molar-refractivity contribution in [1.82, 2.24) is 0 Å². The lowest BCUT2D eigenvalue weighted by Crippen LogP contribution is -1.85. The zero-order valence-electron chi connectivity index (χ0n) is 12.3. The third kappa shape index (κ3) is 1.21. The summed E-state index contributed by atoms with van der Waals surface area (Å²) in [5.74, 6) is 0.365. The van der Waals surface area contributed by atoms with E-state index in [0.29, 0.717) is 5.75 Å². The Morgan fingerprint density at radius 2 is 1.26 bits per heavy atom. The van der Waals surface area contributed by atoms with Crippen molar-refractivity contribution >= 4 is 32.3 Å². The van der Waals surface area contributed by atoms with E-state index >= 15 is 0 Å². The van der Waals surface area contributed by atoms with Crippen LogP contribution in [0, 0.1) is 0 Å². The number of rotatable bonds is 0. The van der Waals surface area contributed by atoms with Gasteiger partial charge in [-0.25, -0.2) is 0 Å². The molecule has 0 aromatic heterocycles. The molecule has 0 heterocycles. The Hall–Kier alpha value is -3.06. The van der Waals surface area contributed by atoms with Crippen molar-refractivity contribution in [1.29, 1.82) is 0 Å². The highest BCUT2D eigenvalue weighted by atomic mass is 16.3. The van der Waals surface area contributed by atoms with Crippen molar-refractivity contribution in [2.24, 2.45) is 0 Å². The first-order valence-electron chi connectivity index (χ1n) is 7.86. The molecule has 5 aromatic carbocycles. The van der Waals surface area contributed by atoms with Gasteiger partial charge in [-0.1, -0.05) is 54.6 Å². The van der Waals surface area contributed by atoms with E-state index in [4.69, 9.17) is 0 Å². The van der Waals surface area contributed by atoms with Gasteiger partial charge in [0.15, 0.2) is 0 Å². The summed E-state index contributed by atoms with van der Waals surface area (Å²) in [6.45, 7) is 0. The molecule has 6 rings (SSSR count). The Bertz CT molecular complexity index is 1260. The van der Waals surface area contributed by atoms with Crippen molar-refractivity contribution in [2.45, 2.75) is 0 Å². The predicted octanol–water partition coefficient (Wildman–Crippen LogP) is 5.94. The molecule has 106 valence electrons. The first-order valence-corrected chi connectivity index (χ1v) is 7.86. The molecule has 1 nitrogen and oxygen atoms in total. The molecule has 0 fully saturated rings. The molecule has 1 aliphatic rings. The molecule has 0 saturated heterocycles. The van der Waals surface area contributed by atoms with E-state index in [2.05, 4.69) is 54.6 Å². The lowest BCUT2D eigenvalue weighted by molar-refractivity contribution is 0.478. The van der Waals surface area contributed by atoms with Crippen LogP contribution in [-0.4, -0.2) is 5.11 Å². The van der Waals surface area contributed by atoms with Crippen LogP contribution in [0.3, 0.4) is 0 Å². The van der Waals surface area contributed by atoms with Crippen LogP contribution < -0.4 is 0 Å². The molecular formula is C22H12O. The van der Waals surface area contributed by atoms with Crippen molar-refractivity contribution in [3.8, 4) is 28.0 Å². The van der Waals surface area contributed by atoms with Gasteiger partial charge < -0.3 is 5.11 Å². The molecule has 0 aliphatic heterocycles. The largest absolute Gasteiger partial charge is 0.507 e. The molecule has 0 spiro atoms. The zero-order valence-corrected chi connectivity index (χ0v) is 12.3. The molecule has 0 bridgehead atoms. The molecule has 0 saturated carbocycles. The summed E-state index contributed by atoms with van der Waals surface area (Å²) in [5.41, 5.74) is 4.50. The molecule has 1 heteroatoms. The maximum atomic E-state index is 10.5. The smallest absolute Gasteiger partial charge is 0.124 e. The second-order valence-electron chi connectivity index (χ2n) is 6.35. The average Bonchev–Trinajstić information content (AvgIpc) is 2.91. The molecule has 23 heavy (non-hydrogen) atoms. The van der Waals surface area contributed by atoms with E-state index in [0.717, 1.165) is 16.7 Å². The maximum absolute atomic E-state index is 10.5. The van der Waals surface area contributed by atoms with Crippen LogP contribution in [0.1, 0.15) is 0 Å². The molecule has 1 N–H and O–H groups in total. The predicted molar refractivity (Wildman–Crippen MR) is 96.2 cm³/mol. The first-order chi connectivity index (χ1) is 11.3. The minimum atomic E-state index is 0.365. The van der Waals surface area contributed by atoms with Gasteiger partial charge in [0.05, 0.1) is 0 Å². The van der Waals surface area contributed by atoms with E-state index in [1.54, 1.807) is 6.07 Å². The van der Waals surface area contributed by atoms with E-state index in [1.807, 2.05) is 6.07 Å². The highest BCUT2D eigenvalue weighted by Crippen LogP contribution is 2.53. The van der Waals surface area contributed by atoms with Crippen LogP contribution in [0.5, 0.6) is 5.75 Å². The molecule has 0 atom stereocenters. The van der Waals surface area contributed by atoms with E-state index in [-0.39, 0.29) is 0 Å². The average molecular weight is 292 g/mol. The topological polar surface area (TPSA) is 20.2 Å². The third-order valence-electron chi connectivity index (χ3n) is 5.23. The summed E-state index contributed by atoms with van der Waals surface area (Å²) in [6, 6.07) is 23.3. The van der Waals surface area contributed by atoms with Crippen molar-refractivity contribution < 1.29 is 5.11 Å². The van der Waals surface area contributed by atoms with Gasteiger partial charge in [-0.2, -0.15) is 0 Å². The van der Waals surface area contributed by atoms with E-state index in [1.165, 1.54) is 37.9 Å². The molecule has 0 amide bonds. The fourth-order valence-corrected chi connectivity index (χ4v) is 4.32. The van der Waals surface area contributed by atoms with Crippen molar-refractivity contribution in [3.05, 3.63) is 66.7 Å². The summed E-state index contributed by atoms with van der Waals surface area (Å²) in [4.78, 5) is 0. The lowest BCUT2D eigenvalue weighted by atomic mass is 9.91. The maximum Gasteiger partial charge on any atom is 0.124 e. The highest BCUT2D eigenvalue weighted by Gasteiger charge is 2.26. The van der Waals surface area contributed by atoms with Gasteiger partial charge >= 0.3 is 0 Å².